The molecular weight excluding hydrogens is 388 g/mol. The number of anilines is 1. The number of sulfonamides is 1. The lowest BCUT2D eigenvalue weighted by Crippen LogP contribution is -2.35. The molecule has 0 radical (unpaired) electrons. The first-order valence-corrected chi connectivity index (χ1v) is 9.97. The molecule has 2 rings (SSSR count). The number of aromatic nitrogens is 2. The SMILES string of the molecule is CCC(O)c1ccccc1CS(=O)(=O)NC(=O)Nc1nc(OC)cc(OC)n1. The normalized spacial score (nSPS) is 12.1. The van der Waals surface area contributed by atoms with Crippen LogP contribution in [0.4, 0.5) is 10.7 Å². The Morgan fingerprint density at radius 1 is 1.18 bits per heavy atom. The molecule has 152 valence electrons. The second-order valence-corrected chi connectivity index (χ2v) is 7.44. The number of rotatable bonds is 8. The van der Waals surface area contributed by atoms with Crippen LogP contribution in [0.1, 0.15) is 30.6 Å². The molecule has 1 aromatic carbocycles. The number of hydrogen-bond acceptors (Lipinski definition) is 8. The minimum absolute atomic E-state index is 0.132. The predicted octanol–water partition coefficient (Wildman–Crippen LogP) is 1.59. The molecule has 1 atom stereocenters. The number of nitrogens with one attached hydrogen (secondary N) is 2. The summed E-state index contributed by atoms with van der Waals surface area (Å²) in [5.41, 5.74) is 0.896. The van der Waals surface area contributed by atoms with E-state index in [2.05, 4.69) is 15.3 Å². The minimum atomic E-state index is -4.04. The third-order valence-corrected chi connectivity index (χ3v) is 4.90. The van der Waals surface area contributed by atoms with Crippen LogP contribution in [0.5, 0.6) is 11.8 Å². The molecule has 0 spiro atoms. The molecule has 0 aliphatic heterocycles. The molecule has 28 heavy (non-hydrogen) atoms. The van der Waals surface area contributed by atoms with Gasteiger partial charge in [0.25, 0.3) is 0 Å². The maximum absolute atomic E-state index is 12.4. The first kappa shape index (κ1) is 21.4. The topological polar surface area (TPSA) is 140 Å². The van der Waals surface area contributed by atoms with E-state index in [0.717, 1.165) is 0 Å². The van der Waals surface area contributed by atoms with Gasteiger partial charge in [-0.1, -0.05) is 31.2 Å². The van der Waals surface area contributed by atoms with Gasteiger partial charge in [-0.05, 0) is 17.5 Å². The smallest absolute Gasteiger partial charge is 0.335 e. The highest BCUT2D eigenvalue weighted by Gasteiger charge is 2.20. The van der Waals surface area contributed by atoms with Gasteiger partial charge in [0.05, 0.1) is 32.1 Å². The zero-order valence-electron chi connectivity index (χ0n) is 15.7. The van der Waals surface area contributed by atoms with Crippen LogP contribution in [0.3, 0.4) is 0 Å². The van der Waals surface area contributed by atoms with E-state index >= 15 is 0 Å². The molecule has 3 N–H and O–H groups in total. The van der Waals surface area contributed by atoms with Crippen LogP contribution in [0.25, 0.3) is 0 Å². The fourth-order valence-corrected chi connectivity index (χ4v) is 3.47. The highest BCUT2D eigenvalue weighted by molar-refractivity contribution is 7.89. The third-order valence-electron chi connectivity index (χ3n) is 3.72. The summed E-state index contributed by atoms with van der Waals surface area (Å²) in [6, 6.07) is 6.96. The summed E-state index contributed by atoms with van der Waals surface area (Å²) in [7, 11) is -1.29. The molecule has 11 heteroatoms. The van der Waals surface area contributed by atoms with E-state index in [1.807, 2.05) is 4.72 Å². The van der Waals surface area contributed by atoms with Crippen molar-refractivity contribution in [3.8, 4) is 11.8 Å². The number of carbonyl (C=O) groups excluding carboxylic acids is 1. The highest BCUT2D eigenvalue weighted by atomic mass is 32.2. The number of nitrogens with zero attached hydrogens (tertiary/aromatic N) is 2. The number of benzene rings is 1. The average Bonchev–Trinajstić information content (AvgIpc) is 2.66. The molecular formula is C17H22N4O6S. The van der Waals surface area contributed by atoms with Crippen molar-refractivity contribution in [2.45, 2.75) is 25.2 Å². The third kappa shape index (κ3) is 5.79. The number of ether oxygens (including phenoxy) is 2. The van der Waals surface area contributed by atoms with E-state index in [1.165, 1.54) is 20.3 Å². The van der Waals surface area contributed by atoms with Crippen LogP contribution in [0.15, 0.2) is 30.3 Å². The number of hydrogen-bond donors (Lipinski definition) is 3. The van der Waals surface area contributed by atoms with Crippen LogP contribution < -0.4 is 19.5 Å². The summed E-state index contributed by atoms with van der Waals surface area (Å²) in [5, 5.41) is 12.3. The summed E-state index contributed by atoms with van der Waals surface area (Å²) >= 11 is 0. The lowest BCUT2D eigenvalue weighted by molar-refractivity contribution is 0.173. The van der Waals surface area contributed by atoms with E-state index in [-0.39, 0.29) is 17.7 Å². The minimum Gasteiger partial charge on any atom is -0.481 e. The Morgan fingerprint density at radius 2 is 1.79 bits per heavy atom. The van der Waals surface area contributed by atoms with Crippen molar-refractivity contribution in [1.29, 1.82) is 0 Å². The molecule has 0 saturated heterocycles. The molecule has 0 aliphatic carbocycles. The van der Waals surface area contributed by atoms with E-state index in [0.29, 0.717) is 17.5 Å². The van der Waals surface area contributed by atoms with Gasteiger partial charge < -0.3 is 14.6 Å². The quantitative estimate of drug-likeness (QED) is 0.596. The van der Waals surface area contributed by atoms with Crippen molar-refractivity contribution >= 4 is 22.0 Å². The van der Waals surface area contributed by atoms with Gasteiger partial charge in [-0.2, -0.15) is 9.97 Å². The van der Waals surface area contributed by atoms with Gasteiger partial charge in [-0.15, -0.1) is 0 Å². The first-order chi connectivity index (χ1) is 13.3. The second-order valence-electron chi connectivity index (χ2n) is 5.71. The predicted molar refractivity (Wildman–Crippen MR) is 102 cm³/mol. The standard InChI is InChI=1S/C17H22N4O6S/c1-4-13(22)12-8-6-5-7-11(12)10-28(24,25)21-17(23)20-16-18-14(26-2)9-15(19-16)27-3/h5-9,13,22H,4,10H2,1-3H3,(H2,18,19,20,21,23). The number of carbonyl (C=O) groups is 1. The monoisotopic (exact) mass is 410 g/mol. The maximum atomic E-state index is 12.4. The van der Waals surface area contributed by atoms with Crippen LogP contribution in [0.2, 0.25) is 0 Å². The molecule has 0 aliphatic rings. The number of aliphatic hydroxyl groups excluding tert-OH is 1. The van der Waals surface area contributed by atoms with Crippen LogP contribution in [0, 0.1) is 0 Å². The first-order valence-electron chi connectivity index (χ1n) is 8.32. The van der Waals surface area contributed by atoms with Crippen molar-refractivity contribution < 1.29 is 27.8 Å². The molecule has 2 aromatic rings. The van der Waals surface area contributed by atoms with Gasteiger partial charge in [-0.25, -0.2) is 17.9 Å². The van der Waals surface area contributed by atoms with E-state index < -0.39 is 27.9 Å². The molecule has 1 heterocycles. The van der Waals surface area contributed by atoms with Gasteiger partial charge in [0.2, 0.25) is 27.7 Å². The summed E-state index contributed by atoms with van der Waals surface area (Å²) in [4.78, 5) is 19.9. The van der Waals surface area contributed by atoms with Crippen molar-refractivity contribution in [3.05, 3.63) is 41.5 Å². The van der Waals surface area contributed by atoms with Crippen molar-refractivity contribution in [2.24, 2.45) is 0 Å². The lowest BCUT2D eigenvalue weighted by Gasteiger charge is -2.14. The summed E-state index contributed by atoms with van der Waals surface area (Å²) in [6.45, 7) is 1.78. The Morgan fingerprint density at radius 3 is 2.36 bits per heavy atom. The summed E-state index contributed by atoms with van der Waals surface area (Å²) in [6.07, 6.45) is -0.363. The van der Waals surface area contributed by atoms with E-state index in [1.54, 1.807) is 31.2 Å². The van der Waals surface area contributed by atoms with Crippen molar-refractivity contribution in [3.63, 3.8) is 0 Å². The Labute approximate surface area is 163 Å². The Balaban J connectivity index is 2.12. The Hall–Kier alpha value is -2.92. The zero-order chi connectivity index (χ0) is 20.7. The van der Waals surface area contributed by atoms with Crippen LogP contribution >= 0.6 is 0 Å². The number of amides is 2. The molecule has 0 bridgehead atoms. The van der Waals surface area contributed by atoms with Gasteiger partial charge >= 0.3 is 6.03 Å². The Bertz CT molecular complexity index is 913. The van der Waals surface area contributed by atoms with Crippen LogP contribution in [-0.2, 0) is 15.8 Å². The van der Waals surface area contributed by atoms with Gasteiger partial charge in [0.15, 0.2) is 0 Å². The number of urea groups is 1. The summed E-state index contributed by atoms with van der Waals surface area (Å²) < 4.78 is 36.5. The van der Waals surface area contributed by atoms with Gasteiger partial charge in [-0.3, -0.25) is 5.32 Å². The maximum Gasteiger partial charge on any atom is 0.335 e. The zero-order valence-corrected chi connectivity index (χ0v) is 16.5. The fourth-order valence-electron chi connectivity index (χ4n) is 2.39. The number of methoxy groups -OCH3 is 2. The van der Waals surface area contributed by atoms with Gasteiger partial charge in [0.1, 0.15) is 0 Å². The van der Waals surface area contributed by atoms with Crippen molar-refractivity contribution in [2.75, 3.05) is 19.5 Å². The lowest BCUT2D eigenvalue weighted by atomic mass is 10.0. The van der Waals surface area contributed by atoms with E-state index in [9.17, 15) is 18.3 Å². The second kappa shape index (κ2) is 9.33. The van der Waals surface area contributed by atoms with Crippen molar-refractivity contribution in [1.82, 2.24) is 14.7 Å². The fraction of sp³-hybridized carbons (Fsp3) is 0.353. The Kier molecular flexibility index (Phi) is 7.12. The molecule has 0 saturated carbocycles. The molecule has 0 fully saturated rings. The number of aliphatic hydroxyl groups is 1. The molecule has 2 amide bonds. The average molecular weight is 410 g/mol. The van der Waals surface area contributed by atoms with Gasteiger partial charge in [0, 0.05) is 0 Å². The highest BCUT2D eigenvalue weighted by Crippen LogP contribution is 2.22. The molecule has 1 unspecified atom stereocenters. The largest absolute Gasteiger partial charge is 0.481 e. The summed E-state index contributed by atoms with van der Waals surface area (Å²) in [5.74, 6) is -0.402. The van der Waals surface area contributed by atoms with E-state index in [4.69, 9.17) is 9.47 Å². The van der Waals surface area contributed by atoms with Crippen LogP contribution in [-0.4, -0.2) is 43.7 Å². The molecule has 10 nitrogen and oxygen atoms in total. The molecule has 1 aromatic heterocycles.